The fraction of sp³-hybridized carbons (Fsp3) is 0.353. The Morgan fingerprint density at radius 2 is 2.21 bits per heavy atom. The van der Waals surface area contributed by atoms with Crippen LogP contribution in [0.5, 0.6) is 0 Å². The van der Waals surface area contributed by atoms with Crippen LogP contribution in [0.25, 0.3) is 11.0 Å². The summed E-state index contributed by atoms with van der Waals surface area (Å²) >= 11 is 1.02. The highest BCUT2D eigenvalue weighted by molar-refractivity contribution is 8.15. The SMILES string of the molecule is CCC(=O)OCCc1coc2ccc(CC3SC(=O)NC3=O)cc12. The number of hydrogen-bond donors (Lipinski definition) is 1. The molecule has 1 aliphatic rings. The third kappa shape index (κ3) is 3.62. The zero-order valence-electron chi connectivity index (χ0n) is 13.2. The Morgan fingerprint density at radius 3 is 2.92 bits per heavy atom. The van der Waals surface area contributed by atoms with Crippen LogP contribution in [0.1, 0.15) is 24.5 Å². The van der Waals surface area contributed by atoms with Gasteiger partial charge in [0, 0.05) is 23.8 Å². The minimum absolute atomic E-state index is 0.225. The van der Waals surface area contributed by atoms with Crippen molar-refractivity contribution in [3.05, 3.63) is 35.6 Å². The van der Waals surface area contributed by atoms with E-state index in [0.717, 1.165) is 33.9 Å². The number of hydrogen-bond acceptors (Lipinski definition) is 6. The van der Waals surface area contributed by atoms with Crippen molar-refractivity contribution in [1.82, 2.24) is 5.32 Å². The molecule has 2 aromatic rings. The minimum Gasteiger partial charge on any atom is -0.465 e. The molecule has 0 spiro atoms. The fourth-order valence-electron chi connectivity index (χ4n) is 2.57. The summed E-state index contributed by atoms with van der Waals surface area (Å²) in [6, 6.07) is 5.71. The lowest BCUT2D eigenvalue weighted by atomic mass is 10.0. The number of amides is 2. The molecule has 2 amide bonds. The lowest BCUT2D eigenvalue weighted by molar-refractivity contribution is -0.143. The molecule has 3 rings (SSSR count). The first-order valence-electron chi connectivity index (χ1n) is 7.73. The van der Waals surface area contributed by atoms with E-state index in [4.69, 9.17) is 9.15 Å². The molecule has 24 heavy (non-hydrogen) atoms. The van der Waals surface area contributed by atoms with Gasteiger partial charge in [-0.25, -0.2) is 0 Å². The highest BCUT2D eigenvalue weighted by atomic mass is 32.2. The van der Waals surface area contributed by atoms with Gasteiger partial charge in [-0.05, 0) is 24.1 Å². The van der Waals surface area contributed by atoms with Gasteiger partial charge in [0.1, 0.15) is 5.58 Å². The third-order valence-electron chi connectivity index (χ3n) is 3.83. The van der Waals surface area contributed by atoms with E-state index in [1.807, 2.05) is 18.2 Å². The van der Waals surface area contributed by atoms with Crippen LogP contribution in [-0.2, 0) is 27.2 Å². The van der Waals surface area contributed by atoms with Crippen LogP contribution in [-0.4, -0.2) is 29.0 Å². The third-order valence-corrected chi connectivity index (χ3v) is 4.81. The van der Waals surface area contributed by atoms with E-state index in [0.29, 0.717) is 25.9 Å². The molecule has 1 unspecified atom stereocenters. The van der Waals surface area contributed by atoms with Gasteiger partial charge in [0.25, 0.3) is 5.24 Å². The second kappa shape index (κ2) is 7.09. The lowest BCUT2D eigenvalue weighted by Gasteiger charge is -2.06. The second-order valence-electron chi connectivity index (χ2n) is 5.50. The summed E-state index contributed by atoms with van der Waals surface area (Å²) in [4.78, 5) is 34.1. The molecule has 7 heteroatoms. The molecule has 0 saturated carbocycles. The Bertz CT molecular complexity index is 797. The van der Waals surface area contributed by atoms with Crippen molar-refractivity contribution in [3.63, 3.8) is 0 Å². The Kier molecular flexibility index (Phi) is 4.89. The van der Waals surface area contributed by atoms with Crippen LogP contribution in [0.3, 0.4) is 0 Å². The van der Waals surface area contributed by atoms with Gasteiger partial charge >= 0.3 is 5.97 Å². The maximum Gasteiger partial charge on any atom is 0.305 e. The summed E-state index contributed by atoms with van der Waals surface area (Å²) in [6.45, 7) is 2.06. The number of thioether (sulfide) groups is 1. The summed E-state index contributed by atoms with van der Waals surface area (Å²) in [7, 11) is 0. The number of rotatable bonds is 6. The molecule has 1 N–H and O–H groups in total. The molecule has 0 radical (unpaired) electrons. The number of esters is 1. The number of carbonyl (C=O) groups excluding carboxylic acids is 3. The first-order valence-corrected chi connectivity index (χ1v) is 8.61. The molecular weight excluding hydrogens is 330 g/mol. The number of ether oxygens (including phenoxy) is 1. The first-order chi connectivity index (χ1) is 11.6. The summed E-state index contributed by atoms with van der Waals surface area (Å²) in [5.74, 6) is -0.471. The molecule has 1 aromatic heterocycles. The van der Waals surface area contributed by atoms with Crippen LogP contribution in [0, 0.1) is 0 Å². The monoisotopic (exact) mass is 347 g/mol. The minimum atomic E-state index is -0.393. The van der Waals surface area contributed by atoms with Crippen molar-refractivity contribution in [2.75, 3.05) is 6.61 Å². The van der Waals surface area contributed by atoms with Crippen molar-refractivity contribution in [2.24, 2.45) is 0 Å². The van der Waals surface area contributed by atoms with Gasteiger partial charge in [-0.3, -0.25) is 19.7 Å². The van der Waals surface area contributed by atoms with Crippen LogP contribution >= 0.6 is 11.8 Å². The molecule has 6 nitrogen and oxygen atoms in total. The number of imide groups is 1. The van der Waals surface area contributed by atoms with Crippen LogP contribution in [0.2, 0.25) is 0 Å². The fourth-order valence-corrected chi connectivity index (χ4v) is 3.43. The topological polar surface area (TPSA) is 85.6 Å². The Hall–Kier alpha value is -2.28. The number of fused-ring (bicyclic) bond motifs is 1. The molecule has 2 heterocycles. The van der Waals surface area contributed by atoms with Crippen LogP contribution in [0.15, 0.2) is 28.9 Å². The molecule has 1 aromatic carbocycles. The maximum atomic E-state index is 11.7. The molecule has 126 valence electrons. The van der Waals surface area contributed by atoms with Gasteiger partial charge in [-0.15, -0.1) is 0 Å². The van der Waals surface area contributed by atoms with Gasteiger partial charge in [-0.1, -0.05) is 24.8 Å². The highest BCUT2D eigenvalue weighted by Crippen LogP contribution is 2.27. The lowest BCUT2D eigenvalue weighted by Crippen LogP contribution is -2.25. The normalized spacial score (nSPS) is 17.3. The predicted octanol–water partition coefficient (Wildman–Crippen LogP) is 2.82. The van der Waals surface area contributed by atoms with Crippen molar-refractivity contribution in [3.8, 4) is 0 Å². The predicted molar refractivity (Wildman–Crippen MR) is 89.8 cm³/mol. The summed E-state index contributed by atoms with van der Waals surface area (Å²) in [5, 5.41) is 2.54. The number of nitrogens with one attached hydrogen (secondary N) is 1. The first kappa shape index (κ1) is 16.6. The van der Waals surface area contributed by atoms with Gasteiger partial charge in [-0.2, -0.15) is 0 Å². The molecule has 0 bridgehead atoms. The van der Waals surface area contributed by atoms with Crippen LogP contribution in [0.4, 0.5) is 4.79 Å². The van der Waals surface area contributed by atoms with Crippen LogP contribution < -0.4 is 5.32 Å². The molecular formula is C17H17NO5S. The van der Waals surface area contributed by atoms with Gasteiger partial charge in [0.2, 0.25) is 5.91 Å². The number of furan rings is 1. The smallest absolute Gasteiger partial charge is 0.305 e. The average Bonchev–Trinajstić information content (AvgIpc) is 3.10. The van der Waals surface area contributed by atoms with Gasteiger partial charge in [0.15, 0.2) is 0 Å². The largest absolute Gasteiger partial charge is 0.465 e. The van der Waals surface area contributed by atoms with E-state index in [9.17, 15) is 14.4 Å². The van der Waals surface area contributed by atoms with E-state index < -0.39 is 5.25 Å². The summed E-state index contributed by atoms with van der Waals surface area (Å²) < 4.78 is 10.6. The quantitative estimate of drug-likeness (QED) is 0.809. The maximum absolute atomic E-state index is 11.7. The van der Waals surface area contributed by atoms with E-state index in [1.165, 1.54) is 0 Å². The Labute approximate surface area is 142 Å². The Morgan fingerprint density at radius 1 is 1.38 bits per heavy atom. The zero-order valence-corrected chi connectivity index (χ0v) is 14.0. The molecule has 1 atom stereocenters. The van der Waals surface area contributed by atoms with Gasteiger partial charge in [0.05, 0.1) is 18.1 Å². The van der Waals surface area contributed by atoms with Crippen molar-refractivity contribution in [1.29, 1.82) is 0 Å². The standard InChI is InChI=1S/C17H17NO5S/c1-2-15(19)22-6-5-11-9-23-13-4-3-10(7-12(11)13)8-14-16(20)18-17(21)24-14/h3-4,7,9,14H,2,5-6,8H2,1H3,(H,18,20,21). The van der Waals surface area contributed by atoms with Crippen molar-refractivity contribution >= 4 is 39.8 Å². The molecule has 1 saturated heterocycles. The molecule has 0 aliphatic carbocycles. The highest BCUT2D eigenvalue weighted by Gasteiger charge is 2.31. The zero-order chi connectivity index (χ0) is 17.1. The summed E-state index contributed by atoms with van der Waals surface area (Å²) in [5.41, 5.74) is 2.66. The van der Waals surface area contributed by atoms with Crippen molar-refractivity contribution in [2.45, 2.75) is 31.4 Å². The van der Waals surface area contributed by atoms with Crippen molar-refractivity contribution < 1.29 is 23.5 Å². The summed E-state index contributed by atoms with van der Waals surface area (Å²) in [6.07, 6.45) is 3.07. The van der Waals surface area contributed by atoms with E-state index in [-0.39, 0.29) is 17.1 Å². The van der Waals surface area contributed by atoms with E-state index in [1.54, 1.807) is 13.2 Å². The van der Waals surface area contributed by atoms with E-state index in [2.05, 4.69) is 5.32 Å². The number of benzene rings is 1. The van der Waals surface area contributed by atoms with Gasteiger partial charge < -0.3 is 9.15 Å². The molecule has 1 fully saturated rings. The number of carbonyl (C=O) groups is 3. The van der Waals surface area contributed by atoms with E-state index >= 15 is 0 Å². The molecule has 1 aliphatic heterocycles. The second-order valence-corrected chi connectivity index (χ2v) is 6.68. The Balaban J connectivity index is 1.72. The average molecular weight is 347 g/mol.